The number of carbonyl (C=O) groups excluding carboxylic acids is 1. The van der Waals surface area contributed by atoms with Crippen LogP contribution in [0, 0.1) is 5.82 Å². The van der Waals surface area contributed by atoms with Crippen molar-refractivity contribution in [2.45, 2.75) is 25.0 Å². The molecule has 0 bridgehead atoms. The van der Waals surface area contributed by atoms with E-state index in [2.05, 4.69) is 48.5 Å². The van der Waals surface area contributed by atoms with Crippen molar-refractivity contribution in [2.24, 2.45) is 0 Å². The number of fused-ring (bicyclic) bond motifs is 1. The van der Waals surface area contributed by atoms with E-state index in [4.69, 9.17) is 0 Å². The van der Waals surface area contributed by atoms with Gasteiger partial charge in [0.05, 0.1) is 5.75 Å². The van der Waals surface area contributed by atoms with Crippen molar-refractivity contribution in [1.29, 1.82) is 0 Å². The molecule has 1 N–H and O–H groups in total. The van der Waals surface area contributed by atoms with Crippen LogP contribution >= 0.6 is 0 Å². The number of allylic oxidation sites excluding steroid dienone is 1. The largest absolute Gasteiger partial charge is 0.269 e. The van der Waals surface area contributed by atoms with Gasteiger partial charge in [0, 0.05) is 6.08 Å². The SMILES string of the molecule is O=C(C=Cc1ccc(C2=C(c3ccccc3)CCCc3ccccc32)cc1)NS(=O)(=O)Cc1ccc(F)cc1. The lowest BCUT2D eigenvalue weighted by Gasteiger charge is -2.16. The maximum atomic E-state index is 13.1. The number of sulfonamides is 1. The summed E-state index contributed by atoms with van der Waals surface area (Å²) in [6.45, 7) is 0. The van der Waals surface area contributed by atoms with Crippen LogP contribution < -0.4 is 4.72 Å². The number of rotatable bonds is 7. The molecule has 1 aliphatic rings. The minimum Gasteiger partial charge on any atom is -0.269 e. The van der Waals surface area contributed by atoms with Crippen LogP contribution in [0.2, 0.25) is 0 Å². The minimum absolute atomic E-state index is 0.389. The van der Waals surface area contributed by atoms with Crippen molar-refractivity contribution in [3.63, 3.8) is 0 Å². The van der Waals surface area contributed by atoms with Gasteiger partial charge in [-0.25, -0.2) is 17.5 Å². The second-order valence-electron chi connectivity index (χ2n) is 9.54. The quantitative estimate of drug-likeness (QED) is 0.264. The molecule has 4 aromatic rings. The highest BCUT2D eigenvalue weighted by atomic mass is 32.2. The van der Waals surface area contributed by atoms with Crippen LogP contribution in [0.15, 0.2) is 109 Å². The summed E-state index contributed by atoms with van der Waals surface area (Å²) in [7, 11) is -3.92. The molecule has 0 spiro atoms. The molecule has 1 aliphatic carbocycles. The molecule has 5 rings (SSSR count). The zero-order valence-electron chi connectivity index (χ0n) is 21.3. The fourth-order valence-corrected chi connectivity index (χ4v) is 6.02. The van der Waals surface area contributed by atoms with E-state index in [0.717, 1.165) is 30.4 Å². The fourth-order valence-electron chi connectivity index (χ4n) is 4.94. The lowest BCUT2D eigenvalue weighted by molar-refractivity contribution is -0.114. The summed E-state index contributed by atoms with van der Waals surface area (Å²) in [6, 6.07) is 32.1. The Hall–Kier alpha value is -4.29. The maximum Gasteiger partial charge on any atom is 0.257 e. The van der Waals surface area contributed by atoms with Crippen molar-refractivity contribution >= 4 is 33.2 Å². The van der Waals surface area contributed by atoms with Crippen LogP contribution in [0.25, 0.3) is 17.2 Å². The molecule has 6 heteroatoms. The number of halogens is 1. The third-order valence-electron chi connectivity index (χ3n) is 6.74. The van der Waals surface area contributed by atoms with Crippen molar-refractivity contribution in [2.75, 3.05) is 0 Å². The van der Waals surface area contributed by atoms with Gasteiger partial charge in [-0.3, -0.25) is 4.79 Å². The second-order valence-corrected chi connectivity index (χ2v) is 11.3. The molecule has 0 fully saturated rings. The standard InChI is InChI=1S/C33H28FNO3S/c34-29-20-15-25(16-21-29)23-39(37,38)35-32(36)22-17-24-13-18-28(19-14-24)33-30-11-5-4-9-27(30)10-6-12-31(33)26-7-2-1-3-8-26/h1-5,7-9,11,13-22H,6,10,12,23H2,(H,35,36). The predicted octanol–water partition coefficient (Wildman–Crippen LogP) is 6.78. The molecule has 0 atom stereocenters. The first-order chi connectivity index (χ1) is 18.9. The maximum absolute atomic E-state index is 13.1. The summed E-state index contributed by atoms with van der Waals surface area (Å²) in [5.74, 6) is -1.61. The van der Waals surface area contributed by atoms with Gasteiger partial charge < -0.3 is 0 Å². The predicted molar refractivity (Wildman–Crippen MR) is 154 cm³/mol. The van der Waals surface area contributed by atoms with Crippen molar-refractivity contribution in [1.82, 2.24) is 4.72 Å². The molecule has 0 aliphatic heterocycles. The van der Waals surface area contributed by atoms with E-state index in [1.54, 1.807) is 6.08 Å². The zero-order valence-corrected chi connectivity index (χ0v) is 22.1. The Kier molecular flexibility index (Phi) is 7.84. The Morgan fingerprint density at radius 2 is 1.49 bits per heavy atom. The van der Waals surface area contributed by atoms with Gasteiger partial charge in [0.25, 0.3) is 5.91 Å². The van der Waals surface area contributed by atoms with Crippen LogP contribution in [0.3, 0.4) is 0 Å². The van der Waals surface area contributed by atoms with Gasteiger partial charge in [-0.15, -0.1) is 0 Å². The Morgan fingerprint density at radius 1 is 0.795 bits per heavy atom. The lowest BCUT2D eigenvalue weighted by Crippen LogP contribution is -2.30. The highest BCUT2D eigenvalue weighted by Gasteiger charge is 2.20. The molecule has 0 saturated carbocycles. The van der Waals surface area contributed by atoms with Gasteiger partial charge in [0.1, 0.15) is 5.82 Å². The monoisotopic (exact) mass is 537 g/mol. The number of aryl methyl sites for hydroxylation is 1. The van der Waals surface area contributed by atoms with E-state index in [9.17, 15) is 17.6 Å². The molecule has 4 nitrogen and oxygen atoms in total. The molecular formula is C33H28FNO3S. The molecule has 4 aromatic carbocycles. The second kappa shape index (κ2) is 11.6. The van der Waals surface area contributed by atoms with Gasteiger partial charge in [-0.1, -0.05) is 91.0 Å². The number of hydrogen-bond donors (Lipinski definition) is 1. The fraction of sp³-hybridized carbons (Fsp3) is 0.121. The highest BCUT2D eigenvalue weighted by Crippen LogP contribution is 2.39. The van der Waals surface area contributed by atoms with Crippen LogP contribution in [0.1, 0.15) is 46.2 Å². The third kappa shape index (κ3) is 6.59. The molecule has 39 heavy (non-hydrogen) atoms. The summed E-state index contributed by atoms with van der Waals surface area (Å²) >= 11 is 0. The summed E-state index contributed by atoms with van der Waals surface area (Å²) in [5.41, 5.74) is 8.57. The van der Waals surface area contributed by atoms with E-state index < -0.39 is 27.5 Å². The number of hydrogen-bond acceptors (Lipinski definition) is 3. The number of carbonyl (C=O) groups is 1. The topological polar surface area (TPSA) is 63.2 Å². The lowest BCUT2D eigenvalue weighted by atomic mass is 9.87. The van der Waals surface area contributed by atoms with Crippen LogP contribution in [-0.4, -0.2) is 14.3 Å². The van der Waals surface area contributed by atoms with Crippen molar-refractivity contribution in [3.8, 4) is 0 Å². The molecule has 0 heterocycles. The van der Waals surface area contributed by atoms with E-state index in [-0.39, 0.29) is 0 Å². The molecular weight excluding hydrogens is 509 g/mol. The van der Waals surface area contributed by atoms with E-state index in [0.29, 0.717) is 5.56 Å². The number of nitrogens with one attached hydrogen (secondary N) is 1. The normalized spacial score (nSPS) is 13.7. The third-order valence-corrected chi connectivity index (χ3v) is 7.96. The molecule has 196 valence electrons. The molecule has 0 unspecified atom stereocenters. The Morgan fingerprint density at radius 3 is 2.23 bits per heavy atom. The first-order valence-corrected chi connectivity index (χ1v) is 14.5. The van der Waals surface area contributed by atoms with Crippen LogP contribution in [-0.2, 0) is 27.0 Å². The smallest absolute Gasteiger partial charge is 0.257 e. The molecule has 0 radical (unpaired) electrons. The average molecular weight is 538 g/mol. The summed E-state index contributed by atoms with van der Waals surface area (Å²) in [5, 5.41) is 0. The first-order valence-electron chi connectivity index (χ1n) is 12.8. The van der Waals surface area contributed by atoms with Gasteiger partial charge in [-0.05, 0) is 82.0 Å². The van der Waals surface area contributed by atoms with E-state index in [1.807, 2.05) is 35.1 Å². The van der Waals surface area contributed by atoms with Gasteiger partial charge in [0.15, 0.2) is 0 Å². The Labute approximate surface area is 228 Å². The summed E-state index contributed by atoms with van der Waals surface area (Å²) in [6.07, 6.45) is 5.86. The Balaban J connectivity index is 1.37. The van der Waals surface area contributed by atoms with Crippen LogP contribution in [0.5, 0.6) is 0 Å². The number of benzene rings is 4. The van der Waals surface area contributed by atoms with Crippen LogP contribution in [0.4, 0.5) is 4.39 Å². The molecule has 1 amide bonds. The average Bonchev–Trinajstić information content (AvgIpc) is 3.13. The zero-order chi connectivity index (χ0) is 27.2. The molecule has 0 aromatic heterocycles. The number of amides is 1. The Bertz CT molecular complexity index is 1640. The minimum atomic E-state index is -3.92. The first kappa shape index (κ1) is 26.3. The van der Waals surface area contributed by atoms with Gasteiger partial charge in [-0.2, -0.15) is 0 Å². The van der Waals surface area contributed by atoms with E-state index in [1.165, 1.54) is 58.2 Å². The van der Waals surface area contributed by atoms with Gasteiger partial charge >= 0.3 is 0 Å². The van der Waals surface area contributed by atoms with Crippen molar-refractivity contribution < 1.29 is 17.6 Å². The van der Waals surface area contributed by atoms with Crippen molar-refractivity contribution in [3.05, 3.63) is 148 Å². The van der Waals surface area contributed by atoms with Gasteiger partial charge in [0.2, 0.25) is 10.0 Å². The summed E-state index contributed by atoms with van der Waals surface area (Å²) in [4.78, 5) is 12.3. The molecule has 0 saturated heterocycles. The van der Waals surface area contributed by atoms with E-state index >= 15 is 0 Å². The summed E-state index contributed by atoms with van der Waals surface area (Å²) < 4.78 is 39.8. The highest BCUT2D eigenvalue weighted by molar-refractivity contribution is 7.89.